The van der Waals surface area contributed by atoms with Crippen molar-refractivity contribution in [3.63, 3.8) is 0 Å². The Morgan fingerprint density at radius 2 is 2.03 bits per heavy atom. The van der Waals surface area contributed by atoms with Crippen molar-refractivity contribution in [1.29, 1.82) is 0 Å². The first-order chi connectivity index (χ1) is 15.0. The van der Waals surface area contributed by atoms with Crippen LogP contribution < -0.4 is 4.74 Å². The Bertz CT molecular complexity index is 944. The van der Waals surface area contributed by atoms with Crippen LogP contribution in [-0.2, 0) is 0 Å². The van der Waals surface area contributed by atoms with Crippen LogP contribution in [0.5, 0.6) is 5.88 Å². The zero-order valence-electron chi connectivity index (χ0n) is 18.1. The Hall–Kier alpha value is -2.67. The Morgan fingerprint density at radius 3 is 2.71 bits per heavy atom. The fourth-order valence-corrected chi connectivity index (χ4v) is 5.01. The number of benzene rings is 1. The summed E-state index contributed by atoms with van der Waals surface area (Å²) in [6.45, 7) is 6.34. The van der Waals surface area contributed by atoms with Crippen LogP contribution >= 0.6 is 0 Å². The number of ether oxygens (including phenoxy) is 1. The molecule has 31 heavy (non-hydrogen) atoms. The predicted molar refractivity (Wildman–Crippen MR) is 116 cm³/mol. The minimum absolute atomic E-state index is 0.0180. The van der Waals surface area contributed by atoms with Gasteiger partial charge in [0.25, 0.3) is 0 Å². The van der Waals surface area contributed by atoms with Crippen LogP contribution in [0.1, 0.15) is 67.8 Å². The maximum atomic E-state index is 12.1. The third-order valence-electron chi connectivity index (χ3n) is 6.84. The molecule has 1 aromatic heterocycles. The summed E-state index contributed by atoms with van der Waals surface area (Å²) in [4.78, 5) is 25.0. The molecule has 3 heterocycles. The fourth-order valence-electron chi connectivity index (χ4n) is 5.01. The van der Waals surface area contributed by atoms with Gasteiger partial charge in [-0.25, -0.2) is 9.78 Å². The number of carboxylic acid groups (broad SMARTS) is 1. The van der Waals surface area contributed by atoms with Gasteiger partial charge in [0.05, 0.1) is 24.1 Å². The van der Waals surface area contributed by atoms with E-state index in [1.807, 2.05) is 12.3 Å². The van der Waals surface area contributed by atoms with E-state index in [1.54, 1.807) is 11.1 Å². The van der Waals surface area contributed by atoms with Crippen molar-refractivity contribution in [2.45, 2.75) is 63.1 Å². The van der Waals surface area contributed by atoms with Crippen LogP contribution in [0.4, 0.5) is 4.79 Å². The molecule has 164 valence electrons. The van der Waals surface area contributed by atoms with Crippen LogP contribution in [0.2, 0.25) is 0 Å². The molecule has 1 N–H and O–H groups in total. The minimum atomic E-state index is -0.856. The first-order valence-corrected chi connectivity index (χ1v) is 11.3. The summed E-state index contributed by atoms with van der Waals surface area (Å²) in [6.07, 6.45) is 5.87. The van der Waals surface area contributed by atoms with E-state index in [2.05, 4.69) is 46.9 Å². The van der Waals surface area contributed by atoms with Gasteiger partial charge in [0.15, 0.2) is 0 Å². The molecular formula is C24H30N4O3. The van der Waals surface area contributed by atoms with Crippen LogP contribution in [0.25, 0.3) is 0 Å². The van der Waals surface area contributed by atoms with E-state index in [0.29, 0.717) is 24.3 Å². The number of hydrogen-bond donors (Lipinski definition) is 1. The third kappa shape index (κ3) is 4.11. The second kappa shape index (κ2) is 8.11. The highest BCUT2D eigenvalue weighted by Crippen LogP contribution is 2.40. The van der Waals surface area contributed by atoms with Gasteiger partial charge < -0.3 is 9.84 Å². The molecule has 0 radical (unpaired) electrons. The number of hydrogen-bond acceptors (Lipinski definition) is 5. The molecule has 5 rings (SSSR count). The van der Waals surface area contributed by atoms with E-state index in [4.69, 9.17) is 4.74 Å². The van der Waals surface area contributed by atoms with Gasteiger partial charge in [-0.05, 0) is 29.9 Å². The minimum Gasteiger partial charge on any atom is -0.472 e. The van der Waals surface area contributed by atoms with Gasteiger partial charge in [0.1, 0.15) is 6.10 Å². The molecule has 1 saturated carbocycles. The molecule has 2 aliphatic heterocycles. The number of aromatic nitrogens is 2. The standard InChI is InChI=1S/C24H30N4O3/c1-15(2)17-4-3-5-18(10-17)23-21-11-19(14-27(21)8-9-28(23)24(29)30)31-22-13-25-20(12-26-22)16-6-7-16/h3-5,10,12-13,15-16,19,21,23H,6-9,11,14H2,1-2H3,(H,29,30)/t19-,21+,23?/m1/s1. The van der Waals surface area contributed by atoms with Crippen LogP contribution in [0.15, 0.2) is 36.7 Å². The summed E-state index contributed by atoms with van der Waals surface area (Å²) < 4.78 is 6.18. The first-order valence-electron chi connectivity index (χ1n) is 11.3. The van der Waals surface area contributed by atoms with Crippen molar-refractivity contribution in [2.75, 3.05) is 19.6 Å². The molecule has 2 saturated heterocycles. The van der Waals surface area contributed by atoms with E-state index < -0.39 is 6.09 Å². The van der Waals surface area contributed by atoms with Crippen molar-refractivity contribution >= 4 is 6.09 Å². The zero-order valence-corrected chi connectivity index (χ0v) is 18.1. The molecule has 7 heteroatoms. The second-order valence-corrected chi connectivity index (χ2v) is 9.34. The van der Waals surface area contributed by atoms with Gasteiger partial charge in [0, 0.05) is 38.0 Å². The number of fused-ring (bicyclic) bond motifs is 1. The molecule has 2 aromatic rings. The molecule has 3 fully saturated rings. The third-order valence-corrected chi connectivity index (χ3v) is 6.84. The lowest BCUT2D eigenvalue weighted by Crippen LogP contribution is -2.53. The van der Waals surface area contributed by atoms with Gasteiger partial charge in [0.2, 0.25) is 5.88 Å². The maximum Gasteiger partial charge on any atom is 0.407 e. The van der Waals surface area contributed by atoms with E-state index in [1.165, 1.54) is 18.4 Å². The largest absolute Gasteiger partial charge is 0.472 e. The van der Waals surface area contributed by atoms with Crippen LogP contribution in [0, 0.1) is 0 Å². The van der Waals surface area contributed by atoms with Gasteiger partial charge in [-0.2, -0.15) is 0 Å². The van der Waals surface area contributed by atoms with Crippen molar-refractivity contribution in [2.24, 2.45) is 0 Å². The van der Waals surface area contributed by atoms with Crippen molar-refractivity contribution in [3.05, 3.63) is 53.5 Å². The number of nitrogens with zero attached hydrogens (tertiary/aromatic N) is 4. The van der Waals surface area contributed by atoms with Crippen molar-refractivity contribution in [1.82, 2.24) is 19.8 Å². The highest BCUT2D eigenvalue weighted by Gasteiger charge is 2.46. The van der Waals surface area contributed by atoms with E-state index >= 15 is 0 Å². The number of amides is 1. The first kappa shape index (κ1) is 20.2. The molecule has 1 aromatic carbocycles. The summed E-state index contributed by atoms with van der Waals surface area (Å²) in [5.74, 6) is 1.53. The normalized spacial score (nSPS) is 26.2. The van der Waals surface area contributed by atoms with E-state index in [-0.39, 0.29) is 18.2 Å². The smallest absolute Gasteiger partial charge is 0.407 e. The molecule has 1 unspecified atom stereocenters. The zero-order chi connectivity index (χ0) is 21.5. The quantitative estimate of drug-likeness (QED) is 0.784. The lowest BCUT2D eigenvalue weighted by Gasteiger charge is -2.43. The molecular weight excluding hydrogens is 392 g/mol. The van der Waals surface area contributed by atoms with Crippen LogP contribution in [0.3, 0.4) is 0 Å². The highest BCUT2D eigenvalue weighted by atomic mass is 16.5. The topological polar surface area (TPSA) is 78.8 Å². The van der Waals surface area contributed by atoms with Gasteiger partial charge >= 0.3 is 6.09 Å². The van der Waals surface area contributed by atoms with Gasteiger partial charge in [-0.3, -0.25) is 14.8 Å². The van der Waals surface area contributed by atoms with E-state index in [0.717, 1.165) is 30.8 Å². The summed E-state index contributed by atoms with van der Waals surface area (Å²) in [7, 11) is 0. The van der Waals surface area contributed by atoms with Crippen molar-refractivity contribution in [3.8, 4) is 5.88 Å². The molecule has 1 aliphatic carbocycles. The molecule has 3 atom stereocenters. The lowest BCUT2D eigenvalue weighted by atomic mass is 9.90. The molecule has 3 aliphatic rings. The van der Waals surface area contributed by atoms with Gasteiger partial charge in [-0.1, -0.05) is 38.1 Å². The Labute approximate surface area is 183 Å². The maximum absolute atomic E-state index is 12.1. The summed E-state index contributed by atoms with van der Waals surface area (Å²) in [5, 5.41) is 9.90. The summed E-state index contributed by atoms with van der Waals surface area (Å²) >= 11 is 0. The molecule has 0 spiro atoms. The number of rotatable bonds is 5. The fraction of sp³-hybridized carbons (Fsp3) is 0.542. The molecule has 1 amide bonds. The SMILES string of the molecule is CC(C)c1cccc(C2[C@@H]3C[C@@H](Oc4cnc(C5CC5)cn4)CN3CCN2C(=O)O)c1. The Morgan fingerprint density at radius 1 is 1.19 bits per heavy atom. The average molecular weight is 423 g/mol. The van der Waals surface area contributed by atoms with Crippen LogP contribution in [-0.4, -0.2) is 62.7 Å². The van der Waals surface area contributed by atoms with Gasteiger partial charge in [-0.15, -0.1) is 0 Å². The molecule has 7 nitrogen and oxygen atoms in total. The predicted octanol–water partition coefficient (Wildman–Crippen LogP) is 4.03. The summed E-state index contributed by atoms with van der Waals surface area (Å²) in [5.41, 5.74) is 3.35. The number of carbonyl (C=O) groups is 1. The Balaban J connectivity index is 1.36. The van der Waals surface area contributed by atoms with Crippen molar-refractivity contribution < 1.29 is 14.6 Å². The Kier molecular flexibility index (Phi) is 5.30. The second-order valence-electron chi connectivity index (χ2n) is 9.34. The summed E-state index contributed by atoms with van der Waals surface area (Å²) in [6, 6.07) is 8.29. The highest BCUT2D eigenvalue weighted by molar-refractivity contribution is 5.66. The number of piperazine rings is 1. The lowest BCUT2D eigenvalue weighted by molar-refractivity contribution is 0.0430. The monoisotopic (exact) mass is 422 g/mol. The molecule has 0 bridgehead atoms. The van der Waals surface area contributed by atoms with E-state index in [9.17, 15) is 9.90 Å². The average Bonchev–Trinajstić information content (AvgIpc) is 3.53.